The highest BCUT2D eigenvalue weighted by Crippen LogP contribution is 2.45. The Bertz CT molecular complexity index is 2010. The van der Waals surface area contributed by atoms with Crippen LogP contribution in [-0.2, 0) is 65.4 Å². The molecule has 0 aromatic heterocycles. The molecular formula is C84H164O17P2. The minimum Gasteiger partial charge on any atom is -0.462 e. The Labute approximate surface area is 632 Å². The summed E-state index contributed by atoms with van der Waals surface area (Å²) in [6.45, 7) is 14.3. The molecule has 0 bridgehead atoms. The Balaban J connectivity index is 5.16. The Morgan fingerprint density at radius 3 is 0.689 bits per heavy atom. The summed E-state index contributed by atoms with van der Waals surface area (Å²) in [5.74, 6) is 1.04. The maximum absolute atomic E-state index is 13.1. The van der Waals surface area contributed by atoms with Crippen molar-refractivity contribution in [3.05, 3.63) is 0 Å². The minimum atomic E-state index is -4.96. The second-order valence-corrected chi connectivity index (χ2v) is 34.6. The van der Waals surface area contributed by atoms with E-state index in [1.807, 2.05) is 0 Å². The number of ether oxygens (including phenoxy) is 4. The lowest BCUT2D eigenvalue weighted by Gasteiger charge is -2.21. The molecule has 0 amide bonds. The SMILES string of the molecule is CCC(C)CCCCCCCCCCCCCCCCCCCCC(=O)O[C@H](COC(=O)CCCCCCCCC(C)CC)COP(=O)(O)OC[C@H](O)COP(=O)(O)OC[C@@H](COC(=O)CCCCCCCCCCCCCCCCCCC(C)C)OC(=O)CCCCCCCCCCCC(C)C. The zero-order chi connectivity index (χ0) is 76.0. The van der Waals surface area contributed by atoms with E-state index in [0.717, 1.165) is 120 Å². The second kappa shape index (κ2) is 72.9. The largest absolute Gasteiger partial charge is 0.472 e. The van der Waals surface area contributed by atoms with E-state index in [1.54, 1.807) is 0 Å². The van der Waals surface area contributed by atoms with E-state index in [1.165, 1.54) is 231 Å². The smallest absolute Gasteiger partial charge is 0.462 e. The van der Waals surface area contributed by atoms with Crippen LogP contribution in [0.15, 0.2) is 0 Å². The number of hydrogen-bond donors (Lipinski definition) is 3. The van der Waals surface area contributed by atoms with Crippen LogP contribution in [0.2, 0.25) is 0 Å². The Kier molecular flexibility index (Phi) is 71.5. The molecule has 19 heteroatoms. The van der Waals surface area contributed by atoms with Gasteiger partial charge in [-0.2, -0.15) is 0 Å². The molecule has 0 aromatic carbocycles. The van der Waals surface area contributed by atoms with Crippen molar-refractivity contribution in [1.29, 1.82) is 0 Å². The van der Waals surface area contributed by atoms with Crippen molar-refractivity contribution in [2.24, 2.45) is 23.7 Å². The monoisotopic (exact) mass is 1510 g/mol. The summed E-state index contributed by atoms with van der Waals surface area (Å²) in [7, 11) is -9.92. The zero-order valence-corrected chi connectivity index (χ0v) is 69.7. The van der Waals surface area contributed by atoms with Gasteiger partial charge < -0.3 is 33.8 Å². The number of phosphoric ester groups is 2. The molecule has 0 saturated heterocycles. The molecule has 0 saturated carbocycles. The lowest BCUT2D eigenvalue weighted by Crippen LogP contribution is -2.30. The van der Waals surface area contributed by atoms with Crippen molar-refractivity contribution in [3.8, 4) is 0 Å². The molecule has 0 aromatic rings. The lowest BCUT2D eigenvalue weighted by molar-refractivity contribution is -0.161. The van der Waals surface area contributed by atoms with Crippen LogP contribution < -0.4 is 0 Å². The van der Waals surface area contributed by atoms with Gasteiger partial charge in [-0.15, -0.1) is 0 Å². The maximum Gasteiger partial charge on any atom is 0.472 e. The van der Waals surface area contributed by atoms with Crippen molar-refractivity contribution >= 4 is 39.5 Å². The zero-order valence-electron chi connectivity index (χ0n) is 68.0. The lowest BCUT2D eigenvalue weighted by atomic mass is 9.99. The molecule has 103 heavy (non-hydrogen) atoms. The van der Waals surface area contributed by atoms with Gasteiger partial charge in [0.05, 0.1) is 26.4 Å². The third-order valence-corrected chi connectivity index (χ3v) is 22.2. The molecule has 0 fully saturated rings. The van der Waals surface area contributed by atoms with Crippen LogP contribution in [0.4, 0.5) is 0 Å². The number of aliphatic hydroxyl groups is 1. The van der Waals surface area contributed by atoms with E-state index in [-0.39, 0.29) is 25.7 Å². The summed E-state index contributed by atoms with van der Waals surface area (Å²) in [5, 5.41) is 10.7. The van der Waals surface area contributed by atoms with Gasteiger partial charge >= 0.3 is 39.5 Å². The quantitative estimate of drug-likeness (QED) is 0.0222. The third-order valence-electron chi connectivity index (χ3n) is 20.3. The van der Waals surface area contributed by atoms with Gasteiger partial charge in [-0.25, -0.2) is 9.13 Å². The number of phosphoric acid groups is 2. The van der Waals surface area contributed by atoms with E-state index in [0.29, 0.717) is 25.7 Å². The molecule has 612 valence electrons. The molecule has 0 aliphatic heterocycles. The molecular weight excluding hydrogens is 1340 g/mol. The summed E-state index contributed by atoms with van der Waals surface area (Å²) < 4.78 is 68.8. The molecule has 7 atom stereocenters. The van der Waals surface area contributed by atoms with Crippen molar-refractivity contribution in [3.63, 3.8) is 0 Å². The standard InChI is InChI=1S/C84H164O17P2/c1-9-76(7)62-54-46-38-32-26-22-18-13-11-12-14-20-24-28-34-40-50-58-66-83(88)101-80(71-95-82(87)65-57-49-43-42-47-55-63-77(8)10-2)73-99-103(92,93)97-69-78(85)68-96-102(90,91)98-72-79(100-84(89)67-59-51-41-35-29-31-37-45-53-61-75(5)6)70-94-81(86)64-56-48-39-33-27-23-19-16-15-17-21-25-30-36-44-52-60-74(3)4/h74-80,85H,9-73H2,1-8H3,(H,90,91)(H,92,93)/t76?,77?,78-,79-,80-/m1/s1. The first-order valence-corrected chi connectivity index (χ1v) is 46.3. The van der Waals surface area contributed by atoms with E-state index in [9.17, 15) is 43.2 Å². The van der Waals surface area contributed by atoms with Gasteiger partial charge in [0.2, 0.25) is 0 Å². The molecule has 0 rings (SSSR count). The van der Waals surface area contributed by atoms with Gasteiger partial charge in [0.15, 0.2) is 12.2 Å². The number of esters is 4. The fourth-order valence-corrected chi connectivity index (χ4v) is 14.5. The molecule has 3 N–H and O–H groups in total. The van der Waals surface area contributed by atoms with Crippen molar-refractivity contribution in [1.82, 2.24) is 0 Å². The summed E-state index contributed by atoms with van der Waals surface area (Å²) >= 11 is 0. The summed E-state index contributed by atoms with van der Waals surface area (Å²) in [5.41, 5.74) is 0. The molecule has 4 unspecified atom stereocenters. The molecule has 17 nitrogen and oxygen atoms in total. The molecule has 0 aliphatic carbocycles. The Hall–Kier alpha value is -1.94. The van der Waals surface area contributed by atoms with Crippen molar-refractivity contribution in [2.75, 3.05) is 39.6 Å². The molecule has 0 spiro atoms. The minimum absolute atomic E-state index is 0.105. The first-order chi connectivity index (χ1) is 49.7. The van der Waals surface area contributed by atoms with Crippen LogP contribution in [0.1, 0.15) is 434 Å². The normalized spacial score (nSPS) is 14.5. The Morgan fingerprint density at radius 2 is 0.466 bits per heavy atom. The summed E-state index contributed by atoms with van der Waals surface area (Å²) in [6.07, 6.45) is 61.2. The highest BCUT2D eigenvalue weighted by molar-refractivity contribution is 7.47. The van der Waals surface area contributed by atoms with Gasteiger partial charge in [0.25, 0.3) is 0 Å². The number of unbranched alkanes of at least 4 members (excludes halogenated alkanes) is 45. The first kappa shape index (κ1) is 101. The number of hydrogen-bond acceptors (Lipinski definition) is 15. The predicted molar refractivity (Wildman–Crippen MR) is 423 cm³/mol. The van der Waals surface area contributed by atoms with Crippen molar-refractivity contribution < 1.29 is 80.2 Å². The third kappa shape index (κ3) is 75.3. The van der Waals surface area contributed by atoms with E-state index < -0.39 is 97.5 Å². The van der Waals surface area contributed by atoms with Crippen LogP contribution >= 0.6 is 15.6 Å². The highest BCUT2D eigenvalue weighted by atomic mass is 31.2. The average Bonchev–Trinajstić information content (AvgIpc) is 0.910. The molecule has 0 radical (unpaired) electrons. The van der Waals surface area contributed by atoms with Crippen LogP contribution in [0, 0.1) is 23.7 Å². The molecule has 0 aliphatic rings. The van der Waals surface area contributed by atoms with Gasteiger partial charge in [-0.3, -0.25) is 37.3 Å². The van der Waals surface area contributed by atoms with Crippen LogP contribution in [0.3, 0.4) is 0 Å². The predicted octanol–water partition coefficient (Wildman–Crippen LogP) is 25.2. The van der Waals surface area contributed by atoms with Crippen LogP contribution in [-0.4, -0.2) is 96.7 Å². The van der Waals surface area contributed by atoms with Gasteiger partial charge in [-0.05, 0) is 49.4 Å². The first-order valence-electron chi connectivity index (χ1n) is 43.3. The van der Waals surface area contributed by atoms with Gasteiger partial charge in [0, 0.05) is 25.7 Å². The second-order valence-electron chi connectivity index (χ2n) is 31.7. The Morgan fingerprint density at radius 1 is 0.272 bits per heavy atom. The highest BCUT2D eigenvalue weighted by Gasteiger charge is 2.30. The number of rotatable bonds is 81. The van der Waals surface area contributed by atoms with E-state index in [4.69, 9.17) is 37.0 Å². The maximum atomic E-state index is 13.1. The van der Waals surface area contributed by atoms with Crippen LogP contribution in [0.25, 0.3) is 0 Å². The average molecular weight is 1510 g/mol. The number of carbonyl (C=O) groups excluding carboxylic acids is 4. The van der Waals surface area contributed by atoms with E-state index in [2.05, 4.69) is 55.4 Å². The van der Waals surface area contributed by atoms with Gasteiger partial charge in [0.1, 0.15) is 19.3 Å². The number of aliphatic hydroxyl groups excluding tert-OH is 1. The topological polar surface area (TPSA) is 237 Å². The summed E-state index contributed by atoms with van der Waals surface area (Å²) in [6, 6.07) is 0. The fourth-order valence-electron chi connectivity index (χ4n) is 12.9. The molecule has 0 heterocycles. The van der Waals surface area contributed by atoms with E-state index >= 15 is 0 Å². The van der Waals surface area contributed by atoms with Gasteiger partial charge in [-0.1, -0.05) is 383 Å². The van der Waals surface area contributed by atoms with Crippen molar-refractivity contribution in [2.45, 2.75) is 453 Å². The van der Waals surface area contributed by atoms with Crippen LogP contribution in [0.5, 0.6) is 0 Å². The number of carbonyl (C=O) groups is 4. The summed E-state index contributed by atoms with van der Waals surface area (Å²) in [4.78, 5) is 73.1. The fraction of sp³-hybridized carbons (Fsp3) is 0.952.